The van der Waals surface area contributed by atoms with Crippen molar-refractivity contribution in [2.75, 3.05) is 0 Å². The zero-order chi connectivity index (χ0) is 19.0. The Balaban J connectivity index is 1.49. The molecule has 2 heterocycles. The van der Waals surface area contributed by atoms with Crippen LogP contribution in [0.5, 0.6) is 0 Å². The highest BCUT2D eigenvalue weighted by Crippen LogP contribution is 2.28. The number of rotatable bonds is 4. The van der Waals surface area contributed by atoms with E-state index in [1.165, 1.54) is 6.07 Å². The first-order valence-corrected chi connectivity index (χ1v) is 9.03. The lowest BCUT2D eigenvalue weighted by Crippen LogP contribution is -2.40. The molecule has 3 aromatic rings. The van der Waals surface area contributed by atoms with E-state index in [0.29, 0.717) is 36.0 Å². The first-order chi connectivity index (χ1) is 13.0. The Morgan fingerprint density at radius 1 is 1.37 bits per heavy atom. The molecule has 1 unspecified atom stereocenters. The number of hydrogen-bond donors (Lipinski definition) is 2. The molecule has 1 amide bonds. The first-order valence-electron chi connectivity index (χ1n) is 9.03. The minimum Gasteiger partial charge on any atom is -0.391 e. The van der Waals surface area contributed by atoms with Crippen LogP contribution in [0, 0.1) is 18.7 Å². The largest absolute Gasteiger partial charge is 0.391 e. The second-order valence-electron chi connectivity index (χ2n) is 7.15. The zero-order valence-corrected chi connectivity index (χ0v) is 15.0. The summed E-state index contributed by atoms with van der Waals surface area (Å²) in [5.41, 5.74) is 1.12. The van der Waals surface area contributed by atoms with E-state index >= 15 is 0 Å². The number of aliphatic hydroxyl groups excluding tert-OH is 1. The second kappa shape index (κ2) is 7.08. The van der Waals surface area contributed by atoms with Crippen LogP contribution >= 0.6 is 0 Å². The lowest BCUT2D eigenvalue weighted by molar-refractivity contribution is 0.0872. The van der Waals surface area contributed by atoms with E-state index in [0.717, 1.165) is 0 Å². The van der Waals surface area contributed by atoms with Crippen LogP contribution in [0.1, 0.15) is 28.9 Å². The number of benzene rings is 1. The molecule has 4 rings (SSSR count). The number of nitrogens with one attached hydrogen (secondary N) is 1. The highest BCUT2D eigenvalue weighted by molar-refractivity contribution is 5.98. The summed E-state index contributed by atoms with van der Waals surface area (Å²) in [6, 6.07) is 7.87. The number of hydrogen-bond acceptors (Lipinski definition) is 4. The lowest BCUT2D eigenvalue weighted by atomic mass is 10.1. The Morgan fingerprint density at radius 3 is 3.00 bits per heavy atom. The first kappa shape index (κ1) is 17.6. The van der Waals surface area contributed by atoms with E-state index in [4.69, 9.17) is 0 Å². The van der Waals surface area contributed by atoms with Crippen molar-refractivity contribution in [1.29, 1.82) is 0 Å². The van der Waals surface area contributed by atoms with Gasteiger partial charge < -0.3 is 10.4 Å². The highest BCUT2D eigenvalue weighted by Gasteiger charge is 2.34. The summed E-state index contributed by atoms with van der Waals surface area (Å²) in [4.78, 5) is 17.0. The zero-order valence-electron chi connectivity index (χ0n) is 15.0. The molecule has 7 heteroatoms. The summed E-state index contributed by atoms with van der Waals surface area (Å²) in [5, 5.41) is 18.0. The van der Waals surface area contributed by atoms with Gasteiger partial charge in [0.1, 0.15) is 11.3 Å². The minimum absolute atomic E-state index is 0.245. The van der Waals surface area contributed by atoms with E-state index in [1.807, 2.05) is 16.9 Å². The molecule has 2 N–H and O–H groups in total. The number of pyridine rings is 1. The average molecular weight is 368 g/mol. The molecule has 3 atom stereocenters. The van der Waals surface area contributed by atoms with E-state index in [2.05, 4.69) is 15.4 Å². The maximum Gasteiger partial charge on any atom is 0.253 e. The number of aryl methyl sites for hydroxylation is 1. The van der Waals surface area contributed by atoms with Crippen molar-refractivity contribution >= 4 is 16.8 Å². The van der Waals surface area contributed by atoms with Gasteiger partial charge in [-0.3, -0.25) is 9.48 Å². The van der Waals surface area contributed by atoms with Crippen molar-refractivity contribution in [3.05, 3.63) is 59.8 Å². The molecule has 1 saturated carbocycles. The van der Waals surface area contributed by atoms with Crippen molar-refractivity contribution in [2.24, 2.45) is 5.92 Å². The SMILES string of the molecule is Cc1nc2c(F)cccc2cc1C(=O)N[C@@H]1CC(Cn2cccn2)C[C@H]1O. The number of aromatic nitrogens is 3. The van der Waals surface area contributed by atoms with Crippen LogP contribution in [-0.4, -0.2) is 37.9 Å². The molecular weight excluding hydrogens is 347 g/mol. The smallest absolute Gasteiger partial charge is 0.253 e. The summed E-state index contributed by atoms with van der Waals surface area (Å²) < 4.78 is 15.7. The predicted molar refractivity (Wildman–Crippen MR) is 98.7 cm³/mol. The van der Waals surface area contributed by atoms with Crippen LogP contribution in [0.4, 0.5) is 4.39 Å². The molecule has 0 bridgehead atoms. The van der Waals surface area contributed by atoms with Gasteiger partial charge in [-0.15, -0.1) is 0 Å². The van der Waals surface area contributed by atoms with Gasteiger partial charge in [-0.1, -0.05) is 12.1 Å². The van der Waals surface area contributed by atoms with E-state index in [9.17, 15) is 14.3 Å². The lowest BCUT2D eigenvalue weighted by Gasteiger charge is -2.17. The molecule has 1 aliphatic carbocycles. The maximum absolute atomic E-state index is 13.9. The number of carbonyl (C=O) groups excluding carboxylic acids is 1. The van der Waals surface area contributed by atoms with Crippen LogP contribution in [0.25, 0.3) is 10.9 Å². The van der Waals surface area contributed by atoms with Gasteiger partial charge in [-0.2, -0.15) is 5.10 Å². The Kier molecular flexibility index (Phi) is 4.61. The van der Waals surface area contributed by atoms with Crippen molar-refractivity contribution in [1.82, 2.24) is 20.1 Å². The van der Waals surface area contributed by atoms with E-state index in [-0.39, 0.29) is 23.4 Å². The van der Waals surface area contributed by atoms with Crippen LogP contribution in [-0.2, 0) is 6.54 Å². The highest BCUT2D eigenvalue weighted by atomic mass is 19.1. The van der Waals surface area contributed by atoms with Crippen LogP contribution in [0.15, 0.2) is 42.7 Å². The Hall–Kier alpha value is -2.80. The Labute approximate surface area is 156 Å². The number of para-hydroxylation sites is 1. The van der Waals surface area contributed by atoms with Gasteiger partial charge in [0, 0.05) is 24.3 Å². The summed E-state index contributed by atoms with van der Waals surface area (Å²) in [5.74, 6) is -0.458. The number of amides is 1. The fourth-order valence-electron chi connectivity index (χ4n) is 3.83. The van der Waals surface area contributed by atoms with Crippen LogP contribution < -0.4 is 5.32 Å². The van der Waals surface area contributed by atoms with Gasteiger partial charge in [0.15, 0.2) is 0 Å². The third-order valence-corrected chi connectivity index (χ3v) is 5.18. The van der Waals surface area contributed by atoms with Gasteiger partial charge in [0.25, 0.3) is 5.91 Å². The molecule has 27 heavy (non-hydrogen) atoms. The average Bonchev–Trinajstić information content (AvgIpc) is 3.25. The van der Waals surface area contributed by atoms with Crippen molar-refractivity contribution < 1.29 is 14.3 Å². The molecule has 0 radical (unpaired) electrons. The van der Waals surface area contributed by atoms with Gasteiger partial charge in [0.05, 0.1) is 23.4 Å². The molecule has 2 aromatic heterocycles. The number of carbonyl (C=O) groups is 1. The fourth-order valence-corrected chi connectivity index (χ4v) is 3.83. The summed E-state index contributed by atoms with van der Waals surface area (Å²) >= 11 is 0. The Morgan fingerprint density at radius 2 is 2.22 bits per heavy atom. The quantitative estimate of drug-likeness (QED) is 0.741. The normalized spacial score (nSPS) is 22.3. The van der Waals surface area contributed by atoms with Crippen LogP contribution in [0.3, 0.4) is 0 Å². The summed E-state index contributed by atoms with van der Waals surface area (Å²) in [6.45, 7) is 2.40. The minimum atomic E-state index is -0.597. The molecule has 1 aliphatic rings. The molecule has 0 aliphatic heterocycles. The van der Waals surface area contributed by atoms with Gasteiger partial charge in [-0.05, 0) is 43.9 Å². The monoisotopic (exact) mass is 368 g/mol. The van der Waals surface area contributed by atoms with Gasteiger partial charge in [-0.25, -0.2) is 9.37 Å². The summed E-state index contributed by atoms with van der Waals surface area (Å²) in [7, 11) is 0. The maximum atomic E-state index is 13.9. The number of aliphatic hydroxyl groups is 1. The molecule has 0 spiro atoms. The predicted octanol–water partition coefficient (Wildman–Crippen LogP) is 2.45. The summed E-state index contributed by atoms with van der Waals surface area (Å²) in [6.07, 6.45) is 4.32. The number of halogens is 1. The molecule has 0 saturated heterocycles. The van der Waals surface area contributed by atoms with Gasteiger partial charge in [0.2, 0.25) is 0 Å². The van der Waals surface area contributed by atoms with Crippen molar-refractivity contribution in [3.8, 4) is 0 Å². The van der Waals surface area contributed by atoms with E-state index in [1.54, 1.807) is 31.3 Å². The fraction of sp³-hybridized carbons (Fsp3) is 0.350. The van der Waals surface area contributed by atoms with Crippen LogP contribution in [0.2, 0.25) is 0 Å². The topological polar surface area (TPSA) is 80.0 Å². The molecular formula is C20H21FN4O2. The molecule has 1 fully saturated rings. The molecule has 6 nitrogen and oxygen atoms in total. The molecule has 140 valence electrons. The van der Waals surface area contributed by atoms with Gasteiger partial charge >= 0.3 is 0 Å². The number of fused-ring (bicyclic) bond motifs is 1. The third-order valence-electron chi connectivity index (χ3n) is 5.18. The molecule has 1 aromatic carbocycles. The van der Waals surface area contributed by atoms with Crippen molar-refractivity contribution in [2.45, 2.75) is 38.5 Å². The van der Waals surface area contributed by atoms with Crippen molar-refractivity contribution in [3.63, 3.8) is 0 Å². The Bertz CT molecular complexity index is 974. The second-order valence-corrected chi connectivity index (χ2v) is 7.15. The third kappa shape index (κ3) is 3.55. The van der Waals surface area contributed by atoms with E-state index < -0.39 is 11.9 Å². The standard InChI is InChI=1S/C20H21FN4O2/c1-12-15(10-14-4-2-5-16(21)19(14)23-12)20(27)24-17-8-13(9-18(17)26)11-25-7-3-6-22-25/h2-7,10,13,17-18,26H,8-9,11H2,1H3,(H,24,27)/t13?,17-,18-/m1/s1. The number of nitrogens with zero attached hydrogens (tertiary/aromatic N) is 3.